The van der Waals surface area contributed by atoms with Gasteiger partial charge >= 0.3 is 0 Å². The second-order valence-corrected chi connectivity index (χ2v) is 7.35. The standard InChI is InChI=1S/C21H21N3O2S/c25-19-17(20(26)23-21(27)22-19)9-3-1-2-6-14-12-15-7-4-10-24-11-5-8-16(13-14)18(15)24/h1-3,6,9,12-13H,4-5,7-8,10-11H2,(H2,22,23,25,26,27)/b3-1+,6-2+. The number of carbonyl (C=O) groups is 2. The number of thiocarbonyl (C=S) groups is 1. The molecule has 3 heterocycles. The Labute approximate surface area is 163 Å². The van der Waals surface area contributed by atoms with Crippen LogP contribution in [0.5, 0.6) is 0 Å². The van der Waals surface area contributed by atoms with Crippen molar-refractivity contribution in [2.75, 3.05) is 18.0 Å². The van der Waals surface area contributed by atoms with Gasteiger partial charge in [-0.05, 0) is 72.8 Å². The monoisotopic (exact) mass is 379 g/mol. The van der Waals surface area contributed by atoms with Crippen LogP contribution in [0.25, 0.3) is 6.08 Å². The zero-order chi connectivity index (χ0) is 18.8. The van der Waals surface area contributed by atoms with Crippen LogP contribution >= 0.6 is 12.2 Å². The van der Waals surface area contributed by atoms with Gasteiger partial charge in [0, 0.05) is 18.8 Å². The number of allylic oxidation sites excluding steroid dienone is 4. The van der Waals surface area contributed by atoms with Crippen LogP contribution in [-0.4, -0.2) is 30.0 Å². The number of rotatable bonds is 3. The lowest BCUT2D eigenvalue weighted by Gasteiger charge is -2.37. The maximum atomic E-state index is 11.8. The molecule has 0 aliphatic carbocycles. The molecule has 2 N–H and O–H groups in total. The Bertz CT molecular complexity index is 861. The maximum absolute atomic E-state index is 11.8. The highest BCUT2D eigenvalue weighted by Crippen LogP contribution is 2.36. The van der Waals surface area contributed by atoms with Gasteiger partial charge in [-0.2, -0.15) is 0 Å². The normalized spacial score (nSPS) is 19.3. The van der Waals surface area contributed by atoms with Crippen LogP contribution in [0.1, 0.15) is 29.5 Å². The summed E-state index contributed by atoms with van der Waals surface area (Å²) < 4.78 is 0. The first-order valence-corrected chi connectivity index (χ1v) is 9.65. The molecule has 0 spiro atoms. The summed E-state index contributed by atoms with van der Waals surface area (Å²) >= 11 is 4.77. The van der Waals surface area contributed by atoms with Crippen molar-refractivity contribution in [3.63, 3.8) is 0 Å². The van der Waals surface area contributed by atoms with Crippen molar-refractivity contribution in [3.05, 3.63) is 58.7 Å². The smallest absolute Gasteiger partial charge is 0.263 e. The first-order valence-electron chi connectivity index (χ1n) is 9.24. The second-order valence-electron chi connectivity index (χ2n) is 6.94. The molecule has 1 fully saturated rings. The van der Waals surface area contributed by atoms with E-state index < -0.39 is 11.8 Å². The Hall–Kier alpha value is -2.73. The van der Waals surface area contributed by atoms with E-state index in [1.165, 1.54) is 54.4 Å². The average molecular weight is 379 g/mol. The van der Waals surface area contributed by atoms with E-state index >= 15 is 0 Å². The molecule has 0 atom stereocenters. The zero-order valence-corrected chi connectivity index (χ0v) is 15.8. The van der Waals surface area contributed by atoms with Gasteiger partial charge in [-0.15, -0.1) is 0 Å². The minimum atomic E-state index is -0.476. The Balaban J connectivity index is 1.48. The van der Waals surface area contributed by atoms with Crippen molar-refractivity contribution in [2.24, 2.45) is 0 Å². The molecule has 138 valence electrons. The molecule has 0 unspecified atom stereocenters. The summed E-state index contributed by atoms with van der Waals surface area (Å²) in [6.07, 6.45) is 13.7. The molecule has 6 heteroatoms. The molecule has 0 radical (unpaired) electrons. The predicted molar refractivity (Wildman–Crippen MR) is 110 cm³/mol. The highest BCUT2D eigenvalue weighted by atomic mass is 32.1. The van der Waals surface area contributed by atoms with Gasteiger partial charge in [-0.3, -0.25) is 20.2 Å². The third-order valence-corrected chi connectivity index (χ3v) is 5.28. The van der Waals surface area contributed by atoms with E-state index in [2.05, 4.69) is 33.7 Å². The van der Waals surface area contributed by atoms with Gasteiger partial charge in [0.25, 0.3) is 11.8 Å². The molecular weight excluding hydrogens is 358 g/mol. The molecular formula is C21H21N3O2S. The average Bonchev–Trinajstić information content (AvgIpc) is 2.63. The summed E-state index contributed by atoms with van der Waals surface area (Å²) in [7, 11) is 0. The lowest BCUT2D eigenvalue weighted by Crippen LogP contribution is -2.51. The number of hydrogen-bond donors (Lipinski definition) is 2. The molecule has 3 aliphatic rings. The van der Waals surface area contributed by atoms with E-state index in [0.29, 0.717) is 0 Å². The van der Waals surface area contributed by atoms with Crippen LogP contribution in [0.3, 0.4) is 0 Å². The lowest BCUT2D eigenvalue weighted by molar-refractivity contribution is -0.123. The Morgan fingerprint density at radius 2 is 1.56 bits per heavy atom. The maximum Gasteiger partial charge on any atom is 0.263 e. The van der Waals surface area contributed by atoms with E-state index in [0.717, 1.165) is 12.8 Å². The van der Waals surface area contributed by atoms with Crippen LogP contribution in [0.2, 0.25) is 0 Å². The third kappa shape index (κ3) is 3.71. The summed E-state index contributed by atoms with van der Waals surface area (Å²) in [5.74, 6) is -0.952. The molecule has 27 heavy (non-hydrogen) atoms. The van der Waals surface area contributed by atoms with Gasteiger partial charge in [0.2, 0.25) is 0 Å². The number of nitrogens with zero attached hydrogens (tertiary/aromatic N) is 1. The molecule has 0 bridgehead atoms. The molecule has 5 nitrogen and oxygen atoms in total. The van der Waals surface area contributed by atoms with Gasteiger partial charge in [0.05, 0.1) is 0 Å². The quantitative estimate of drug-likeness (QED) is 0.366. The van der Waals surface area contributed by atoms with Crippen molar-refractivity contribution in [3.8, 4) is 0 Å². The first-order chi connectivity index (χ1) is 13.1. The van der Waals surface area contributed by atoms with E-state index in [4.69, 9.17) is 12.2 Å². The molecule has 0 saturated carbocycles. The lowest BCUT2D eigenvalue weighted by atomic mass is 9.90. The summed E-state index contributed by atoms with van der Waals surface area (Å²) in [6, 6.07) is 4.56. The number of nitrogens with one attached hydrogen (secondary N) is 2. The minimum absolute atomic E-state index is 0.0426. The summed E-state index contributed by atoms with van der Waals surface area (Å²) in [4.78, 5) is 26.0. The van der Waals surface area contributed by atoms with Crippen LogP contribution in [-0.2, 0) is 22.4 Å². The van der Waals surface area contributed by atoms with Gasteiger partial charge in [0.1, 0.15) is 5.57 Å². The Morgan fingerprint density at radius 1 is 0.926 bits per heavy atom. The van der Waals surface area contributed by atoms with Crippen molar-refractivity contribution in [1.29, 1.82) is 0 Å². The molecule has 1 saturated heterocycles. The highest BCUT2D eigenvalue weighted by molar-refractivity contribution is 7.80. The summed E-state index contributed by atoms with van der Waals surface area (Å²) in [6.45, 7) is 2.36. The largest absolute Gasteiger partial charge is 0.371 e. The number of aryl methyl sites for hydroxylation is 2. The van der Waals surface area contributed by atoms with Crippen molar-refractivity contribution >= 4 is 40.9 Å². The van der Waals surface area contributed by atoms with Crippen LogP contribution < -0.4 is 15.5 Å². The Morgan fingerprint density at radius 3 is 2.19 bits per heavy atom. The third-order valence-electron chi connectivity index (χ3n) is 5.07. The van der Waals surface area contributed by atoms with E-state index in [1.807, 2.05) is 12.2 Å². The number of carbonyl (C=O) groups excluding carboxylic acids is 2. The molecule has 1 aromatic rings. The fraction of sp³-hybridized carbons (Fsp3) is 0.286. The van der Waals surface area contributed by atoms with Gasteiger partial charge < -0.3 is 4.90 Å². The van der Waals surface area contributed by atoms with E-state index in [1.54, 1.807) is 6.08 Å². The Kier molecular flexibility index (Phi) is 4.90. The van der Waals surface area contributed by atoms with Crippen LogP contribution in [0, 0.1) is 0 Å². The number of anilines is 1. The van der Waals surface area contributed by atoms with Crippen molar-refractivity contribution in [2.45, 2.75) is 25.7 Å². The molecule has 2 amide bonds. The molecule has 3 aliphatic heterocycles. The second kappa shape index (κ2) is 7.48. The minimum Gasteiger partial charge on any atom is -0.371 e. The number of benzene rings is 1. The molecule has 0 aromatic heterocycles. The van der Waals surface area contributed by atoms with Crippen molar-refractivity contribution < 1.29 is 9.59 Å². The van der Waals surface area contributed by atoms with E-state index in [-0.39, 0.29) is 10.7 Å². The van der Waals surface area contributed by atoms with Crippen molar-refractivity contribution in [1.82, 2.24) is 10.6 Å². The highest BCUT2D eigenvalue weighted by Gasteiger charge is 2.25. The van der Waals surface area contributed by atoms with E-state index in [9.17, 15) is 9.59 Å². The molecule has 1 aromatic carbocycles. The van der Waals surface area contributed by atoms with Crippen LogP contribution in [0.15, 0.2) is 42.0 Å². The number of amides is 2. The first kappa shape index (κ1) is 17.7. The fourth-order valence-corrected chi connectivity index (χ4v) is 4.12. The SMILES string of the molecule is O=C1NC(=S)NC(=O)C1=C/C=C/C=C/c1cc2c3c(c1)CCCN3CCC2. The van der Waals surface area contributed by atoms with Crippen LogP contribution in [0.4, 0.5) is 5.69 Å². The predicted octanol–water partition coefficient (Wildman–Crippen LogP) is 2.41. The van der Waals surface area contributed by atoms with Gasteiger partial charge in [-0.1, -0.05) is 24.3 Å². The van der Waals surface area contributed by atoms with Gasteiger partial charge in [0.15, 0.2) is 5.11 Å². The fourth-order valence-electron chi connectivity index (χ4n) is 3.94. The number of hydrogen-bond acceptors (Lipinski definition) is 4. The summed E-state index contributed by atoms with van der Waals surface area (Å²) in [5, 5.41) is 4.87. The zero-order valence-electron chi connectivity index (χ0n) is 15.0. The topological polar surface area (TPSA) is 61.4 Å². The molecule has 4 rings (SSSR count). The van der Waals surface area contributed by atoms with Gasteiger partial charge in [-0.25, -0.2) is 0 Å². The summed E-state index contributed by atoms with van der Waals surface area (Å²) in [5.41, 5.74) is 5.62.